The smallest absolute Gasteiger partial charge is 0.248 e. The highest BCUT2D eigenvalue weighted by atomic mass is 16.6. The summed E-state index contributed by atoms with van der Waals surface area (Å²) >= 11 is 0. The van der Waals surface area contributed by atoms with E-state index in [0.717, 1.165) is 0 Å². The summed E-state index contributed by atoms with van der Waals surface area (Å²) in [5.74, 6) is 4.39. The van der Waals surface area contributed by atoms with Crippen LogP contribution in [-0.2, 0) is 28.6 Å². The van der Waals surface area contributed by atoms with E-state index in [1.165, 1.54) is 6.92 Å². The van der Waals surface area contributed by atoms with Crippen molar-refractivity contribution in [2.24, 2.45) is 5.90 Å². The number of nitrogens with one attached hydrogen (secondary N) is 2. The number of hydrogen-bond acceptors (Lipinski definition) is 7. The molecule has 4 N–H and O–H groups in total. The standard InChI is InChI=1S/C12H25N3O6.C2H6/c1-11(16)14-2-4-18-6-8-20-9-7-19-5-3-15-12(17)10-21-13;1-2/h2-10,13H2,1H3,(H,14,16)(H,15,17);1-2H3. The van der Waals surface area contributed by atoms with E-state index >= 15 is 0 Å². The molecule has 0 atom stereocenters. The van der Waals surface area contributed by atoms with Crippen molar-refractivity contribution in [1.29, 1.82) is 0 Å². The monoisotopic (exact) mass is 337 g/mol. The van der Waals surface area contributed by atoms with Crippen molar-refractivity contribution >= 4 is 11.8 Å². The van der Waals surface area contributed by atoms with Gasteiger partial charge in [-0.25, -0.2) is 5.90 Å². The lowest BCUT2D eigenvalue weighted by molar-refractivity contribution is -0.126. The Morgan fingerprint density at radius 2 is 1.26 bits per heavy atom. The van der Waals surface area contributed by atoms with Crippen LogP contribution >= 0.6 is 0 Å². The van der Waals surface area contributed by atoms with Gasteiger partial charge in [-0.15, -0.1) is 0 Å². The van der Waals surface area contributed by atoms with Crippen LogP contribution in [-0.4, -0.2) is 71.2 Å². The topological polar surface area (TPSA) is 121 Å². The second kappa shape index (κ2) is 20.7. The van der Waals surface area contributed by atoms with Crippen LogP contribution in [0.3, 0.4) is 0 Å². The molecule has 0 aromatic heterocycles. The molecule has 2 amide bonds. The summed E-state index contributed by atoms with van der Waals surface area (Å²) in [5, 5.41) is 5.19. The number of hydrogen-bond donors (Lipinski definition) is 3. The van der Waals surface area contributed by atoms with Crippen molar-refractivity contribution in [2.75, 3.05) is 59.3 Å². The Kier molecular flexibility index (Phi) is 21.6. The summed E-state index contributed by atoms with van der Waals surface area (Å²) in [5.41, 5.74) is 0. The van der Waals surface area contributed by atoms with Crippen LogP contribution in [0, 0.1) is 0 Å². The van der Waals surface area contributed by atoms with Gasteiger partial charge in [-0.1, -0.05) is 13.8 Å². The molecule has 0 bridgehead atoms. The van der Waals surface area contributed by atoms with Crippen LogP contribution in [0.15, 0.2) is 0 Å². The van der Waals surface area contributed by atoms with Gasteiger partial charge in [-0.05, 0) is 0 Å². The molecule has 23 heavy (non-hydrogen) atoms. The maximum absolute atomic E-state index is 10.9. The predicted molar refractivity (Wildman–Crippen MR) is 85.6 cm³/mol. The quantitative estimate of drug-likeness (QED) is 0.280. The molecule has 0 rings (SSSR count). The number of ether oxygens (including phenoxy) is 3. The van der Waals surface area contributed by atoms with Gasteiger partial charge in [-0.2, -0.15) is 0 Å². The summed E-state index contributed by atoms with van der Waals surface area (Å²) in [6.45, 7) is 8.88. The number of nitrogens with two attached hydrogens (primary N) is 1. The second-order valence-corrected chi connectivity index (χ2v) is 3.98. The molecule has 0 radical (unpaired) electrons. The Bertz CT molecular complexity index is 279. The third-order valence-electron chi connectivity index (χ3n) is 2.15. The van der Waals surface area contributed by atoms with E-state index in [-0.39, 0.29) is 18.4 Å². The van der Waals surface area contributed by atoms with Crippen LogP contribution in [0.2, 0.25) is 0 Å². The molecule has 0 spiro atoms. The first kappa shape index (κ1) is 24.0. The van der Waals surface area contributed by atoms with Crippen molar-refractivity contribution in [1.82, 2.24) is 10.6 Å². The molecule has 138 valence electrons. The fourth-order valence-corrected chi connectivity index (χ4v) is 1.23. The third-order valence-corrected chi connectivity index (χ3v) is 2.15. The number of amides is 2. The molecule has 0 saturated carbocycles. The van der Waals surface area contributed by atoms with E-state index in [4.69, 9.17) is 20.1 Å². The maximum atomic E-state index is 10.9. The first-order chi connectivity index (χ1) is 11.2. The molecule has 0 aliphatic rings. The Morgan fingerprint density at radius 3 is 1.70 bits per heavy atom. The molecule has 0 saturated heterocycles. The van der Waals surface area contributed by atoms with Crippen molar-refractivity contribution in [3.05, 3.63) is 0 Å². The lowest BCUT2D eigenvalue weighted by Crippen LogP contribution is -2.31. The Balaban J connectivity index is 0. The molecular weight excluding hydrogens is 306 g/mol. The first-order valence-corrected chi connectivity index (χ1v) is 7.73. The third kappa shape index (κ3) is 23.1. The van der Waals surface area contributed by atoms with E-state index in [0.29, 0.717) is 52.7 Å². The molecule has 0 unspecified atom stereocenters. The van der Waals surface area contributed by atoms with E-state index in [2.05, 4.69) is 15.5 Å². The minimum atomic E-state index is -0.284. The Labute approximate surface area is 138 Å². The summed E-state index contributed by atoms with van der Waals surface area (Å²) in [4.78, 5) is 25.7. The van der Waals surface area contributed by atoms with Crippen molar-refractivity contribution in [2.45, 2.75) is 20.8 Å². The van der Waals surface area contributed by atoms with Crippen LogP contribution in [0.25, 0.3) is 0 Å². The molecule has 0 aromatic carbocycles. The lowest BCUT2D eigenvalue weighted by Gasteiger charge is -2.07. The van der Waals surface area contributed by atoms with E-state index in [1.54, 1.807) is 0 Å². The Hall–Kier alpha value is -1.26. The molecular formula is C14H31N3O6. The SMILES string of the molecule is CC.CC(=O)NCCOCCOCCOCCNC(=O)CON. The zero-order chi connectivity index (χ0) is 17.8. The van der Waals surface area contributed by atoms with Gasteiger partial charge in [0.15, 0.2) is 0 Å². The molecule has 0 aliphatic carbocycles. The van der Waals surface area contributed by atoms with Gasteiger partial charge in [-0.3, -0.25) is 14.4 Å². The van der Waals surface area contributed by atoms with Gasteiger partial charge < -0.3 is 24.8 Å². The van der Waals surface area contributed by atoms with Crippen LogP contribution in [0.1, 0.15) is 20.8 Å². The largest absolute Gasteiger partial charge is 0.377 e. The Morgan fingerprint density at radius 1 is 0.826 bits per heavy atom. The van der Waals surface area contributed by atoms with Crippen molar-refractivity contribution in [3.8, 4) is 0 Å². The molecule has 9 nitrogen and oxygen atoms in total. The normalized spacial score (nSPS) is 9.74. The predicted octanol–water partition coefficient (Wildman–Crippen LogP) is -0.795. The first-order valence-electron chi connectivity index (χ1n) is 7.73. The number of rotatable bonds is 14. The maximum Gasteiger partial charge on any atom is 0.248 e. The molecule has 9 heteroatoms. The highest BCUT2D eigenvalue weighted by Crippen LogP contribution is 1.81. The van der Waals surface area contributed by atoms with Crippen molar-refractivity contribution in [3.63, 3.8) is 0 Å². The average Bonchev–Trinajstić information content (AvgIpc) is 2.53. The average molecular weight is 337 g/mol. The van der Waals surface area contributed by atoms with E-state index in [1.807, 2.05) is 13.8 Å². The van der Waals surface area contributed by atoms with Gasteiger partial charge in [0.2, 0.25) is 11.8 Å². The number of carbonyl (C=O) groups excluding carboxylic acids is 2. The summed E-state index contributed by atoms with van der Waals surface area (Å²) < 4.78 is 15.7. The van der Waals surface area contributed by atoms with Gasteiger partial charge in [0.1, 0.15) is 6.61 Å². The molecule has 0 aromatic rings. The van der Waals surface area contributed by atoms with Gasteiger partial charge in [0.25, 0.3) is 0 Å². The van der Waals surface area contributed by atoms with Gasteiger partial charge >= 0.3 is 0 Å². The summed E-state index contributed by atoms with van der Waals surface area (Å²) in [6.07, 6.45) is 0. The van der Waals surface area contributed by atoms with Crippen LogP contribution in [0.4, 0.5) is 0 Å². The zero-order valence-electron chi connectivity index (χ0n) is 14.4. The highest BCUT2D eigenvalue weighted by molar-refractivity contribution is 5.77. The lowest BCUT2D eigenvalue weighted by atomic mass is 10.6. The van der Waals surface area contributed by atoms with Crippen LogP contribution < -0.4 is 16.5 Å². The van der Waals surface area contributed by atoms with Crippen LogP contribution in [0.5, 0.6) is 0 Å². The summed E-state index contributed by atoms with van der Waals surface area (Å²) in [7, 11) is 0. The van der Waals surface area contributed by atoms with E-state index in [9.17, 15) is 9.59 Å². The second-order valence-electron chi connectivity index (χ2n) is 3.98. The molecule has 0 aliphatic heterocycles. The van der Waals surface area contributed by atoms with Gasteiger partial charge in [0.05, 0.1) is 39.6 Å². The minimum Gasteiger partial charge on any atom is -0.377 e. The molecule has 0 fully saturated rings. The zero-order valence-corrected chi connectivity index (χ0v) is 14.4. The highest BCUT2D eigenvalue weighted by Gasteiger charge is 1.98. The molecule has 0 heterocycles. The van der Waals surface area contributed by atoms with E-state index < -0.39 is 0 Å². The number of carbonyl (C=O) groups is 2. The van der Waals surface area contributed by atoms with Crippen molar-refractivity contribution < 1.29 is 28.6 Å². The fourth-order valence-electron chi connectivity index (χ4n) is 1.23. The summed E-state index contributed by atoms with van der Waals surface area (Å²) in [6, 6.07) is 0. The fraction of sp³-hybridized carbons (Fsp3) is 0.857. The van der Waals surface area contributed by atoms with Gasteiger partial charge in [0, 0.05) is 20.0 Å². The minimum absolute atomic E-state index is 0.0706.